The monoisotopic (exact) mass is 385 g/mol. The maximum Gasteiger partial charge on any atom is 0.434 e. The first-order valence-corrected chi connectivity index (χ1v) is 9.54. The topological polar surface area (TPSA) is 47.8 Å². The van der Waals surface area contributed by atoms with Crippen molar-refractivity contribution in [3.8, 4) is 0 Å². The molecule has 0 fully saturated rings. The van der Waals surface area contributed by atoms with Crippen molar-refractivity contribution in [3.63, 3.8) is 0 Å². The van der Waals surface area contributed by atoms with E-state index in [1.165, 1.54) is 15.8 Å². The highest BCUT2D eigenvalue weighted by Gasteiger charge is 2.33. The maximum atomic E-state index is 12.8. The molecule has 9 heteroatoms. The minimum atomic E-state index is -4.47. The molecule has 4 rings (SSSR count). The zero-order valence-electron chi connectivity index (χ0n) is 13.3. The fraction of sp³-hybridized carbons (Fsp3) is 0.438. The fourth-order valence-electron chi connectivity index (χ4n) is 3.14. The first-order valence-electron chi connectivity index (χ1n) is 7.84. The van der Waals surface area contributed by atoms with Gasteiger partial charge in [-0.1, -0.05) is 6.92 Å². The van der Waals surface area contributed by atoms with Gasteiger partial charge >= 0.3 is 6.18 Å². The molecule has 0 radical (unpaired) electrons. The Morgan fingerprint density at radius 1 is 1.40 bits per heavy atom. The lowest BCUT2D eigenvalue weighted by Gasteiger charge is -2.17. The Morgan fingerprint density at radius 3 is 2.92 bits per heavy atom. The van der Waals surface area contributed by atoms with E-state index < -0.39 is 11.9 Å². The maximum absolute atomic E-state index is 12.8. The van der Waals surface area contributed by atoms with Crippen LogP contribution < -0.4 is 5.56 Å². The quantitative estimate of drug-likeness (QED) is 0.667. The number of thiazole rings is 1. The highest BCUT2D eigenvalue weighted by molar-refractivity contribution is 7.18. The van der Waals surface area contributed by atoms with E-state index in [-0.39, 0.29) is 17.1 Å². The largest absolute Gasteiger partial charge is 0.434 e. The minimum absolute atomic E-state index is 0.00351. The number of nitrogens with zero attached hydrogens (tertiary/aromatic N) is 3. The smallest absolute Gasteiger partial charge is 0.292 e. The van der Waals surface area contributed by atoms with Crippen LogP contribution in [-0.4, -0.2) is 14.5 Å². The van der Waals surface area contributed by atoms with Crippen LogP contribution in [-0.2, 0) is 25.6 Å². The predicted octanol–water partition coefficient (Wildman–Crippen LogP) is 4.11. The van der Waals surface area contributed by atoms with Crippen molar-refractivity contribution in [1.82, 2.24) is 14.5 Å². The van der Waals surface area contributed by atoms with Crippen molar-refractivity contribution in [3.05, 3.63) is 43.2 Å². The Kier molecular flexibility index (Phi) is 3.95. The van der Waals surface area contributed by atoms with E-state index in [4.69, 9.17) is 0 Å². The van der Waals surface area contributed by atoms with Crippen molar-refractivity contribution < 1.29 is 13.2 Å². The molecule has 1 atom stereocenters. The zero-order chi connectivity index (χ0) is 17.8. The molecule has 1 aliphatic carbocycles. The van der Waals surface area contributed by atoms with Gasteiger partial charge in [0.05, 0.1) is 18.3 Å². The molecule has 0 aliphatic heterocycles. The molecule has 0 saturated heterocycles. The van der Waals surface area contributed by atoms with Crippen LogP contribution in [0.1, 0.15) is 34.5 Å². The van der Waals surface area contributed by atoms with Gasteiger partial charge in [0.2, 0.25) is 0 Å². The van der Waals surface area contributed by atoms with Crippen LogP contribution >= 0.6 is 22.7 Å². The van der Waals surface area contributed by atoms with Crippen molar-refractivity contribution in [2.75, 3.05) is 0 Å². The molecule has 1 unspecified atom stereocenters. The summed E-state index contributed by atoms with van der Waals surface area (Å²) in [6.45, 7) is 2.20. The molecule has 3 heterocycles. The minimum Gasteiger partial charge on any atom is -0.292 e. The Labute approximate surface area is 149 Å². The molecule has 1 aliphatic rings. The van der Waals surface area contributed by atoms with Crippen LogP contribution in [0, 0.1) is 5.92 Å². The third-order valence-electron chi connectivity index (χ3n) is 4.43. The number of aromatic nitrogens is 3. The lowest BCUT2D eigenvalue weighted by Crippen LogP contribution is -2.22. The van der Waals surface area contributed by atoms with Crippen molar-refractivity contribution in [2.45, 2.75) is 38.9 Å². The summed E-state index contributed by atoms with van der Waals surface area (Å²) >= 11 is 2.45. The van der Waals surface area contributed by atoms with Gasteiger partial charge in [0, 0.05) is 10.3 Å². The predicted molar refractivity (Wildman–Crippen MR) is 91.3 cm³/mol. The molecule has 0 amide bonds. The third-order valence-corrected chi connectivity index (χ3v) is 6.43. The third kappa shape index (κ3) is 2.99. The van der Waals surface area contributed by atoms with Crippen molar-refractivity contribution in [1.29, 1.82) is 0 Å². The van der Waals surface area contributed by atoms with E-state index in [2.05, 4.69) is 16.9 Å². The van der Waals surface area contributed by atoms with Gasteiger partial charge in [-0.05, 0) is 30.7 Å². The van der Waals surface area contributed by atoms with Crippen LogP contribution in [0.15, 0.2) is 16.5 Å². The summed E-state index contributed by atoms with van der Waals surface area (Å²) in [5.41, 5.74) is -0.0441. The van der Waals surface area contributed by atoms with Gasteiger partial charge in [-0.2, -0.15) is 13.2 Å². The standard InChI is InChI=1S/C16H14F3N3OS2/c1-8-2-3-9-10(4-8)25-14-13(9)15(23)22(7-20-14)5-12-21-11(6-24-12)16(17,18)19/h6-8H,2-5H2,1H3. The van der Waals surface area contributed by atoms with Gasteiger partial charge in [-0.15, -0.1) is 22.7 Å². The molecule has 0 N–H and O–H groups in total. The van der Waals surface area contributed by atoms with Crippen molar-refractivity contribution in [2.24, 2.45) is 5.92 Å². The van der Waals surface area contributed by atoms with E-state index in [1.54, 1.807) is 11.3 Å². The van der Waals surface area contributed by atoms with Gasteiger partial charge in [-0.25, -0.2) is 9.97 Å². The molecule has 25 heavy (non-hydrogen) atoms. The van der Waals surface area contributed by atoms with Crippen LogP contribution in [0.25, 0.3) is 10.2 Å². The lowest BCUT2D eigenvalue weighted by molar-refractivity contribution is -0.140. The average Bonchev–Trinajstić information content (AvgIpc) is 3.13. The number of halogens is 3. The number of alkyl halides is 3. The fourth-order valence-corrected chi connectivity index (χ4v) is 5.28. The number of rotatable bonds is 2. The van der Waals surface area contributed by atoms with E-state index >= 15 is 0 Å². The summed E-state index contributed by atoms with van der Waals surface area (Å²) in [4.78, 5) is 22.7. The van der Waals surface area contributed by atoms with Crippen LogP contribution in [0.4, 0.5) is 13.2 Å². The second-order valence-electron chi connectivity index (χ2n) is 6.33. The van der Waals surface area contributed by atoms with Gasteiger partial charge in [0.25, 0.3) is 5.56 Å². The summed E-state index contributed by atoms with van der Waals surface area (Å²) in [5, 5.41) is 1.84. The first kappa shape index (κ1) is 16.7. The zero-order valence-corrected chi connectivity index (χ0v) is 14.9. The van der Waals surface area contributed by atoms with Gasteiger partial charge in [0.1, 0.15) is 9.84 Å². The SMILES string of the molecule is CC1CCc2c(sc3ncn(Cc4nc(C(F)(F)F)cs4)c(=O)c23)C1. The number of hydrogen-bond acceptors (Lipinski definition) is 5. The summed E-state index contributed by atoms with van der Waals surface area (Å²) in [5.74, 6) is 0.596. The summed E-state index contributed by atoms with van der Waals surface area (Å²) in [7, 11) is 0. The van der Waals surface area contributed by atoms with Crippen LogP contribution in [0.3, 0.4) is 0 Å². The molecule has 0 saturated carbocycles. The van der Waals surface area contributed by atoms with E-state index in [0.717, 1.165) is 46.4 Å². The normalized spacial score (nSPS) is 17.8. The van der Waals surface area contributed by atoms with E-state index in [0.29, 0.717) is 11.3 Å². The van der Waals surface area contributed by atoms with Crippen LogP contribution in [0.2, 0.25) is 0 Å². The van der Waals surface area contributed by atoms with Gasteiger partial charge < -0.3 is 0 Å². The Hall–Kier alpha value is -1.74. The second-order valence-corrected chi connectivity index (χ2v) is 8.36. The average molecular weight is 385 g/mol. The molecular weight excluding hydrogens is 371 g/mol. The van der Waals surface area contributed by atoms with E-state index in [1.807, 2.05) is 0 Å². The number of hydrogen-bond donors (Lipinski definition) is 0. The van der Waals surface area contributed by atoms with Crippen molar-refractivity contribution >= 4 is 32.9 Å². The number of thiophene rings is 1. The molecule has 3 aromatic rings. The number of fused-ring (bicyclic) bond motifs is 3. The Balaban J connectivity index is 1.73. The first-order chi connectivity index (χ1) is 11.8. The Morgan fingerprint density at radius 2 is 2.20 bits per heavy atom. The molecular formula is C16H14F3N3OS2. The van der Waals surface area contributed by atoms with Gasteiger partial charge in [0.15, 0.2) is 5.69 Å². The summed E-state index contributed by atoms with van der Waals surface area (Å²) < 4.78 is 39.4. The molecule has 0 bridgehead atoms. The summed E-state index contributed by atoms with van der Waals surface area (Å²) in [6, 6.07) is 0. The highest BCUT2D eigenvalue weighted by Crippen LogP contribution is 2.35. The van der Waals surface area contributed by atoms with E-state index in [9.17, 15) is 18.0 Å². The highest BCUT2D eigenvalue weighted by atomic mass is 32.1. The molecule has 3 aromatic heterocycles. The molecule has 4 nitrogen and oxygen atoms in total. The molecule has 132 valence electrons. The molecule has 0 spiro atoms. The number of aryl methyl sites for hydroxylation is 1. The van der Waals surface area contributed by atoms with Crippen LogP contribution in [0.5, 0.6) is 0 Å². The van der Waals surface area contributed by atoms with Gasteiger partial charge in [-0.3, -0.25) is 9.36 Å². The Bertz CT molecular complexity index is 1000. The lowest BCUT2D eigenvalue weighted by atomic mass is 9.89. The molecule has 0 aromatic carbocycles. The summed E-state index contributed by atoms with van der Waals surface area (Å²) in [6.07, 6.45) is -0.214. The second kappa shape index (κ2) is 5.91.